The van der Waals surface area contributed by atoms with Crippen LogP contribution in [0, 0.1) is 18.3 Å². The van der Waals surface area contributed by atoms with Gasteiger partial charge in [-0.15, -0.1) is 0 Å². The lowest BCUT2D eigenvalue weighted by Gasteiger charge is -2.32. The molecule has 32 heavy (non-hydrogen) atoms. The molecule has 170 valence electrons. The maximum Gasteiger partial charge on any atom is 0.416 e. The van der Waals surface area contributed by atoms with Crippen molar-refractivity contribution in [2.75, 3.05) is 16.8 Å². The van der Waals surface area contributed by atoms with Gasteiger partial charge in [-0.3, -0.25) is 9.59 Å². The van der Waals surface area contributed by atoms with Crippen LogP contribution in [0.25, 0.3) is 0 Å². The molecule has 1 aliphatic carbocycles. The molecular weight excluding hydrogens is 417 g/mol. The molecule has 0 spiro atoms. The van der Waals surface area contributed by atoms with Crippen LogP contribution in [0.2, 0.25) is 0 Å². The van der Waals surface area contributed by atoms with Crippen LogP contribution in [-0.2, 0) is 15.8 Å². The number of halogens is 3. The average Bonchev–Trinajstić information content (AvgIpc) is 3.50. The number of alkyl halides is 3. The van der Waals surface area contributed by atoms with E-state index in [-0.39, 0.29) is 36.4 Å². The summed E-state index contributed by atoms with van der Waals surface area (Å²) in [5.41, 5.74) is 0.606. The van der Waals surface area contributed by atoms with Crippen LogP contribution in [0.15, 0.2) is 42.5 Å². The van der Waals surface area contributed by atoms with Crippen LogP contribution in [0.1, 0.15) is 55.7 Å². The van der Waals surface area contributed by atoms with E-state index in [0.717, 1.165) is 30.2 Å². The molecule has 1 unspecified atom stereocenters. The highest BCUT2D eigenvalue weighted by atomic mass is 19.4. The molecule has 2 aromatic carbocycles. The number of amides is 2. The molecule has 0 radical (unpaired) electrons. The van der Waals surface area contributed by atoms with Crippen LogP contribution in [-0.4, -0.2) is 18.4 Å². The Kier molecular flexibility index (Phi) is 5.55. The lowest BCUT2D eigenvalue weighted by molar-refractivity contribution is -0.137. The van der Waals surface area contributed by atoms with Gasteiger partial charge in [0, 0.05) is 24.3 Å². The molecule has 1 N–H and O–H groups in total. The summed E-state index contributed by atoms with van der Waals surface area (Å²) in [6, 6.07) is 11.3. The lowest BCUT2D eigenvalue weighted by Crippen LogP contribution is -2.43. The van der Waals surface area contributed by atoms with Crippen molar-refractivity contribution in [3.8, 4) is 0 Å². The van der Waals surface area contributed by atoms with Crippen LogP contribution in [0.3, 0.4) is 0 Å². The van der Waals surface area contributed by atoms with E-state index in [2.05, 4.69) is 5.32 Å². The normalized spacial score (nSPS) is 21.3. The van der Waals surface area contributed by atoms with Crippen LogP contribution >= 0.6 is 0 Å². The van der Waals surface area contributed by atoms with E-state index in [9.17, 15) is 22.8 Å². The zero-order chi connectivity index (χ0) is 23.3. The molecule has 1 aliphatic heterocycles. The van der Waals surface area contributed by atoms with Crippen molar-refractivity contribution in [2.24, 2.45) is 11.3 Å². The van der Waals surface area contributed by atoms with Crippen molar-refractivity contribution in [1.29, 1.82) is 0 Å². The first kappa shape index (κ1) is 22.4. The minimum atomic E-state index is -4.49. The highest BCUT2D eigenvalue weighted by Crippen LogP contribution is 2.45. The summed E-state index contributed by atoms with van der Waals surface area (Å²) in [6.07, 6.45) is -2.78. The molecule has 0 aromatic heterocycles. The third-order valence-corrected chi connectivity index (χ3v) is 6.76. The number of rotatable bonds is 5. The topological polar surface area (TPSA) is 49.4 Å². The molecule has 2 aromatic rings. The van der Waals surface area contributed by atoms with Crippen molar-refractivity contribution in [1.82, 2.24) is 0 Å². The Labute approximate surface area is 185 Å². The number of aryl methyl sites for hydroxylation is 1. The summed E-state index contributed by atoms with van der Waals surface area (Å²) in [6.45, 7) is 5.83. The minimum Gasteiger partial charge on any atom is -0.326 e. The third kappa shape index (κ3) is 4.12. The summed E-state index contributed by atoms with van der Waals surface area (Å²) in [7, 11) is 0. The second kappa shape index (κ2) is 7.94. The zero-order valence-electron chi connectivity index (χ0n) is 18.4. The van der Waals surface area contributed by atoms with Crippen molar-refractivity contribution in [2.45, 2.75) is 52.1 Å². The fraction of sp³-hybridized carbons (Fsp3) is 0.440. The smallest absolute Gasteiger partial charge is 0.326 e. The Morgan fingerprint density at radius 2 is 1.84 bits per heavy atom. The molecule has 1 atom stereocenters. The van der Waals surface area contributed by atoms with Gasteiger partial charge in [0.15, 0.2) is 0 Å². The number of hydrogen-bond acceptors (Lipinski definition) is 2. The Hall–Kier alpha value is -2.83. The van der Waals surface area contributed by atoms with Gasteiger partial charge in [0.1, 0.15) is 0 Å². The Bertz CT molecular complexity index is 1060. The van der Waals surface area contributed by atoms with Crippen molar-refractivity contribution < 1.29 is 22.8 Å². The van der Waals surface area contributed by atoms with Crippen LogP contribution < -0.4 is 10.2 Å². The summed E-state index contributed by atoms with van der Waals surface area (Å²) in [4.78, 5) is 28.0. The second-order valence-corrected chi connectivity index (χ2v) is 9.32. The Morgan fingerprint density at radius 3 is 2.44 bits per heavy atom. The first-order chi connectivity index (χ1) is 15.0. The van der Waals surface area contributed by atoms with Gasteiger partial charge in [-0.05, 0) is 67.0 Å². The minimum absolute atomic E-state index is 0.0132. The first-order valence-electron chi connectivity index (χ1n) is 10.9. The van der Waals surface area contributed by atoms with E-state index < -0.39 is 23.1 Å². The molecule has 1 saturated carbocycles. The predicted molar refractivity (Wildman–Crippen MR) is 117 cm³/mol. The molecule has 7 heteroatoms. The standard InChI is InChI=1S/C25H27F3N2O2/c1-15(2)24(13-22(31)30(14-24)21-7-5-4-6-16(21)3)23(32)29-20-11-18(17-8-9-17)10-19(12-20)25(26,27)28/h4-7,10-12,15,17H,8-9,13-14H2,1-3H3,(H,29,32). The average molecular weight is 444 g/mol. The van der Waals surface area contributed by atoms with Crippen LogP contribution in [0.5, 0.6) is 0 Å². The number of anilines is 2. The lowest BCUT2D eigenvalue weighted by atomic mass is 9.75. The molecule has 1 heterocycles. The van der Waals surface area contributed by atoms with E-state index in [1.165, 1.54) is 6.07 Å². The Balaban J connectivity index is 1.65. The molecule has 0 bridgehead atoms. The highest BCUT2D eigenvalue weighted by Gasteiger charge is 2.51. The molecule has 2 fully saturated rings. The number of nitrogens with one attached hydrogen (secondary N) is 1. The number of benzene rings is 2. The highest BCUT2D eigenvalue weighted by molar-refractivity contribution is 6.06. The van der Waals surface area contributed by atoms with Gasteiger partial charge in [-0.1, -0.05) is 32.0 Å². The van der Waals surface area contributed by atoms with Gasteiger partial charge >= 0.3 is 6.18 Å². The number of carbonyl (C=O) groups excluding carboxylic acids is 2. The third-order valence-electron chi connectivity index (χ3n) is 6.76. The monoisotopic (exact) mass is 444 g/mol. The molecule has 4 rings (SSSR count). The van der Waals surface area contributed by atoms with E-state index in [1.807, 2.05) is 45.0 Å². The van der Waals surface area contributed by atoms with Crippen molar-refractivity contribution in [3.05, 3.63) is 59.2 Å². The van der Waals surface area contributed by atoms with E-state index in [1.54, 1.807) is 11.0 Å². The number of para-hydroxylation sites is 1. The van der Waals surface area contributed by atoms with Crippen molar-refractivity contribution in [3.63, 3.8) is 0 Å². The van der Waals surface area contributed by atoms with Gasteiger partial charge in [-0.2, -0.15) is 13.2 Å². The zero-order valence-corrected chi connectivity index (χ0v) is 18.4. The van der Waals surface area contributed by atoms with E-state index in [4.69, 9.17) is 0 Å². The molecule has 4 nitrogen and oxygen atoms in total. The summed E-state index contributed by atoms with van der Waals surface area (Å²) in [5, 5.41) is 2.73. The fourth-order valence-electron chi connectivity index (χ4n) is 4.47. The second-order valence-electron chi connectivity index (χ2n) is 9.32. The summed E-state index contributed by atoms with van der Waals surface area (Å²) < 4.78 is 40.3. The predicted octanol–water partition coefficient (Wildman–Crippen LogP) is 5.91. The van der Waals surface area contributed by atoms with E-state index in [0.29, 0.717) is 5.56 Å². The summed E-state index contributed by atoms with van der Waals surface area (Å²) in [5.74, 6) is -0.658. The Morgan fingerprint density at radius 1 is 1.16 bits per heavy atom. The number of nitrogens with zero attached hydrogens (tertiary/aromatic N) is 1. The van der Waals surface area contributed by atoms with Gasteiger partial charge in [0.25, 0.3) is 0 Å². The van der Waals surface area contributed by atoms with Crippen molar-refractivity contribution >= 4 is 23.2 Å². The first-order valence-corrected chi connectivity index (χ1v) is 10.9. The van der Waals surface area contributed by atoms with Gasteiger partial charge in [0.2, 0.25) is 11.8 Å². The maximum atomic E-state index is 13.5. The molecule has 2 aliphatic rings. The summed E-state index contributed by atoms with van der Waals surface area (Å²) >= 11 is 0. The SMILES string of the molecule is Cc1ccccc1N1CC(C(=O)Nc2cc(C3CC3)cc(C(F)(F)F)c2)(C(C)C)CC1=O. The molecule has 2 amide bonds. The fourth-order valence-corrected chi connectivity index (χ4v) is 4.47. The van der Waals surface area contributed by atoms with Gasteiger partial charge < -0.3 is 10.2 Å². The van der Waals surface area contributed by atoms with Gasteiger partial charge in [0.05, 0.1) is 11.0 Å². The molecule has 1 saturated heterocycles. The maximum absolute atomic E-state index is 13.5. The quantitative estimate of drug-likeness (QED) is 0.623. The number of hydrogen-bond donors (Lipinski definition) is 1. The van der Waals surface area contributed by atoms with Gasteiger partial charge in [-0.25, -0.2) is 0 Å². The largest absolute Gasteiger partial charge is 0.416 e. The van der Waals surface area contributed by atoms with Crippen LogP contribution in [0.4, 0.5) is 24.5 Å². The van der Waals surface area contributed by atoms with E-state index >= 15 is 0 Å². The number of carbonyl (C=O) groups is 2. The molecular formula is C25H27F3N2O2.